The van der Waals surface area contributed by atoms with E-state index in [0.29, 0.717) is 0 Å². The summed E-state index contributed by atoms with van der Waals surface area (Å²) in [6, 6.07) is 2.07. The number of nitrogens with zero attached hydrogens (tertiary/aromatic N) is 2. The number of benzene rings is 1. The molecule has 0 saturated carbocycles. The maximum Gasteiger partial charge on any atom is 0.134 e. The van der Waals surface area contributed by atoms with E-state index in [1.54, 1.807) is 0 Å². The average Bonchev–Trinajstić information content (AvgIpc) is 2.33. The second-order valence-electron chi connectivity index (χ2n) is 9.90. The molecule has 1 heterocycles. The topological polar surface area (TPSA) is 25.8 Å². The molecule has 0 spiro atoms. The van der Waals surface area contributed by atoms with Gasteiger partial charge in [0.15, 0.2) is 0 Å². The van der Waals surface area contributed by atoms with Crippen molar-refractivity contribution in [2.75, 3.05) is 0 Å². The van der Waals surface area contributed by atoms with Gasteiger partial charge in [0, 0.05) is 21.2 Å². The van der Waals surface area contributed by atoms with Crippen LogP contribution in [0.25, 0.3) is 10.9 Å². The first kappa shape index (κ1) is 19.2. The van der Waals surface area contributed by atoms with E-state index >= 15 is 0 Å². The number of hydrogen-bond acceptors (Lipinski definition) is 2. The number of fused-ring (bicyclic) bond motifs is 1. The fourth-order valence-electron chi connectivity index (χ4n) is 3.22. The summed E-state index contributed by atoms with van der Waals surface area (Å²) in [4.78, 5) is 9.91. The highest BCUT2D eigenvalue weighted by Gasteiger charge is 2.29. The van der Waals surface area contributed by atoms with E-state index in [2.05, 4.69) is 75.3 Å². The van der Waals surface area contributed by atoms with Gasteiger partial charge in [0.05, 0.1) is 11.2 Å². The molecule has 2 nitrogen and oxygen atoms in total. The molecule has 0 saturated heterocycles. The van der Waals surface area contributed by atoms with Crippen LogP contribution in [-0.4, -0.2) is 9.97 Å². The lowest BCUT2D eigenvalue weighted by molar-refractivity contribution is 0.519. The number of aromatic nitrogens is 2. The predicted octanol–water partition coefficient (Wildman–Crippen LogP) is 6.48. The van der Waals surface area contributed by atoms with Crippen molar-refractivity contribution < 1.29 is 0 Å². The third kappa shape index (κ3) is 3.44. The zero-order valence-electron chi connectivity index (χ0n) is 16.8. The van der Waals surface area contributed by atoms with E-state index in [1.165, 1.54) is 11.1 Å². The van der Waals surface area contributed by atoms with Gasteiger partial charge in [0.1, 0.15) is 5.82 Å². The van der Waals surface area contributed by atoms with Gasteiger partial charge in [-0.25, -0.2) is 9.97 Å². The van der Waals surface area contributed by atoms with E-state index in [4.69, 9.17) is 21.6 Å². The number of rotatable bonds is 0. The quantitative estimate of drug-likeness (QED) is 0.545. The van der Waals surface area contributed by atoms with Gasteiger partial charge in [-0.2, -0.15) is 0 Å². The lowest BCUT2D eigenvalue weighted by atomic mass is 9.81. The van der Waals surface area contributed by atoms with Crippen LogP contribution < -0.4 is 0 Å². The van der Waals surface area contributed by atoms with Gasteiger partial charge in [-0.05, 0) is 29.5 Å². The molecule has 0 atom stereocenters. The maximum atomic E-state index is 6.69. The van der Waals surface area contributed by atoms with Crippen LogP contribution in [0.4, 0.5) is 0 Å². The van der Waals surface area contributed by atoms with E-state index < -0.39 is 0 Å². The molecule has 0 aliphatic heterocycles. The molecule has 0 N–H and O–H groups in total. The zero-order chi connectivity index (χ0) is 18.7. The Bertz CT molecular complexity index is 785. The molecule has 1 aromatic heterocycles. The minimum absolute atomic E-state index is 0.0237. The van der Waals surface area contributed by atoms with Crippen molar-refractivity contribution >= 4 is 22.5 Å². The van der Waals surface area contributed by atoms with Gasteiger partial charge in [-0.15, -0.1) is 0 Å². The Morgan fingerprint density at radius 3 is 1.75 bits per heavy atom. The zero-order valence-corrected chi connectivity index (χ0v) is 17.6. The molecule has 0 aliphatic carbocycles. The van der Waals surface area contributed by atoms with Crippen LogP contribution in [0.3, 0.4) is 0 Å². The summed E-state index contributed by atoms with van der Waals surface area (Å²) < 4.78 is 0. The van der Waals surface area contributed by atoms with Crippen LogP contribution in [0.5, 0.6) is 0 Å². The van der Waals surface area contributed by atoms with E-state index in [-0.39, 0.29) is 16.2 Å². The van der Waals surface area contributed by atoms with Crippen LogP contribution in [-0.2, 0) is 16.2 Å². The van der Waals surface area contributed by atoms with Crippen LogP contribution >= 0.6 is 11.6 Å². The van der Waals surface area contributed by atoms with Gasteiger partial charge < -0.3 is 0 Å². The molecule has 3 heteroatoms. The van der Waals surface area contributed by atoms with Crippen molar-refractivity contribution in [1.29, 1.82) is 0 Å². The standard InChI is InChI=1S/C21H31ClN2/c1-12-15(19(2,3)4)14(22)11-13-16(12)23-18(21(8,9)10)24-17(13)20(5,6)7/h11H,1-10H3. The predicted molar refractivity (Wildman–Crippen MR) is 105 cm³/mol. The second-order valence-corrected chi connectivity index (χ2v) is 10.3. The Balaban J connectivity index is 3.03. The van der Waals surface area contributed by atoms with Gasteiger partial charge in [0.25, 0.3) is 0 Å². The largest absolute Gasteiger partial charge is 0.236 e. The molecule has 0 unspecified atom stereocenters. The van der Waals surface area contributed by atoms with Gasteiger partial charge in [-0.3, -0.25) is 0 Å². The second kappa shape index (κ2) is 5.69. The Labute approximate surface area is 152 Å². The van der Waals surface area contributed by atoms with Crippen LogP contribution in [0.1, 0.15) is 85.0 Å². The summed E-state index contributed by atoms with van der Waals surface area (Å²) in [5.74, 6) is 0.894. The Kier molecular flexibility index (Phi) is 4.55. The number of hydrogen-bond donors (Lipinski definition) is 0. The first-order chi connectivity index (χ1) is 10.6. The molecule has 1 aromatic carbocycles. The SMILES string of the molecule is Cc1c(C(C)(C)C)c(Cl)cc2c(C(C)(C)C)nc(C(C)(C)C)nc12. The van der Waals surface area contributed by atoms with E-state index in [0.717, 1.165) is 27.4 Å². The van der Waals surface area contributed by atoms with Crippen LogP contribution in [0.15, 0.2) is 6.07 Å². The van der Waals surface area contributed by atoms with Crippen LogP contribution in [0.2, 0.25) is 5.02 Å². The summed E-state index contributed by atoms with van der Waals surface area (Å²) in [7, 11) is 0. The van der Waals surface area contributed by atoms with Crippen molar-refractivity contribution in [3.05, 3.63) is 33.7 Å². The average molecular weight is 347 g/mol. The first-order valence-corrected chi connectivity index (χ1v) is 9.04. The lowest BCUT2D eigenvalue weighted by Gasteiger charge is -2.28. The minimum Gasteiger partial charge on any atom is -0.236 e. The summed E-state index contributed by atoms with van der Waals surface area (Å²) in [5, 5.41) is 1.89. The monoisotopic (exact) mass is 346 g/mol. The molecule has 0 radical (unpaired) electrons. The molecule has 24 heavy (non-hydrogen) atoms. The first-order valence-electron chi connectivity index (χ1n) is 8.66. The summed E-state index contributed by atoms with van der Waals surface area (Å²) in [6.45, 7) is 21.8. The van der Waals surface area contributed by atoms with Crippen molar-refractivity contribution in [3.63, 3.8) is 0 Å². The van der Waals surface area contributed by atoms with Crippen molar-refractivity contribution in [3.8, 4) is 0 Å². The van der Waals surface area contributed by atoms with E-state index in [9.17, 15) is 0 Å². The van der Waals surface area contributed by atoms with Gasteiger partial charge in [-0.1, -0.05) is 73.9 Å². The fourth-order valence-corrected chi connectivity index (χ4v) is 3.75. The number of halogens is 1. The van der Waals surface area contributed by atoms with Crippen molar-refractivity contribution in [2.24, 2.45) is 0 Å². The highest BCUT2D eigenvalue weighted by atomic mass is 35.5. The highest BCUT2D eigenvalue weighted by molar-refractivity contribution is 6.32. The Morgan fingerprint density at radius 1 is 0.792 bits per heavy atom. The van der Waals surface area contributed by atoms with Crippen molar-refractivity contribution in [2.45, 2.75) is 85.5 Å². The normalized spacial score (nSPS) is 13.6. The molecular weight excluding hydrogens is 316 g/mol. The smallest absolute Gasteiger partial charge is 0.134 e. The van der Waals surface area contributed by atoms with Gasteiger partial charge >= 0.3 is 0 Å². The molecular formula is C21H31ClN2. The van der Waals surface area contributed by atoms with Crippen molar-refractivity contribution in [1.82, 2.24) is 9.97 Å². The molecule has 0 aliphatic rings. The molecule has 0 bridgehead atoms. The summed E-state index contributed by atoms with van der Waals surface area (Å²) in [6.07, 6.45) is 0. The molecule has 2 rings (SSSR count). The Hall–Kier alpha value is -1.15. The summed E-state index contributed by atoms with van der Waals surface area (Å²) >= 11 is 6.69. The molecule has 132 valence electrons. The third-order valence-electron chi connectivity index (χ3n) is 4.32. The fraction of sp³-hybridized carbons (Fsp3) is 0.619. The number of aryl methyl sites for hydroxylation is 1. The highest BCUT2D eigenvalue weighted by Crippen LogP contribution is 2.39. The maximum absolute atomic E-state index is 6.69. The van der Waals surface area contributed by atoms with Crippen LogP contribution in [0, 0.1) is 6.92 Å². The molecule has 0 fully saturated rings. The molecule has 0 amide bonds. The summed E-state index contributed by atoms with van der Waals surface area (Å²) in [5.41, 5.74) is 4.27. The Morgan fingerprint density at radius 2 is 1.33 bits per heavy atom. The third-order valence-corrected chi connectivity index (χ3v) is 4.62. The van der Waals surface area contributed by atoms with E-state index in [1.807, 2.05) is 0 Å². The molecule has 2 aromatic rings. The lowest BCUT2D eigenvalue weighted by Crippen LogP contribution is -2.23. The minimum atomic E-state index is -0.0951. The van der Waals surface area contributed by atoms with Gasteiger partial charge in [0.2, 0.25) is 0 Å².